The molecule has 80 valence electrons. The second kappa shape index (κ2) is 5.50. The molecule has 0 aliphatic heterocycles. The molecule has 0 aliphatic carbocycles. The molecule has 0 atom stereocenters. The minimum absolute atomic E-state index is 0.845. The van der Waals surface area contributed by atoms with Gasteiger partial charge in [0.1, 0.15) is 0 Å². The Bertz CT molecular complexity index is 357. The number of nitrogens with zero attached hydrogens (tertiary/aromatic N) is 1. The molecule has 1 heteroatoms. The summed E-state index contributed by atoms with van der Waals surface area (Å²) in [6.07, 6.45) is 1.84. The van der Waals surface area contributed by atoms with Crippen molar-refractivity contribution in [2.75, 3.05) is 0 Å². The molecular weight excluding hydrogens is 182 g/mol. The Morgan fingerprint density at radius 3 is 2.40 bits per heavy atom. The van der Waals surface area contributed by atoms with Crippen molar-refractivity contribution in [2.45, 2.75) is 33.6 Å². The second-order valence-corrected chi connectivity index (χ2v) is 3.93. The highest BCUT2D eigenvalue weighted by atomic mass is 14.7. The Morgan fingerprint density at radius 1 is 1.27 bits per heavy atom. The van der Waals surface area contributed by atoms with Gasteiger partial charge in [-0.15, -0.1) is 0 Å². The van der Waals surface area contributed by atoms with Crippen LogP contribution in [0, 0.1) is 6.92 Å². The lowest BCUT2D eigenvalue weighted by Crippen LogP contribution is -1.92. The molecule has 0 N–H and O–H groups in total. The number of benzene rings is 1. The quantitative estimate of drug-likeness (QED) is 0.655. The highest BCUT2D eigenvalue weighted by molar-refractivity contribution is 5.82. The Balaban J connectivity index is 2.63. The van der Waals surface area contributed by atoms with E-state index in [-0.39, 0.29) is 0 Å². The third-order valence-electron chi connectivity index (χ3n) is 2.39. The molecule has 1 rings (SSSR count). The van der Waals surface area contributed by atoms with E-state index in [0.717, 1.165) is 24.3 Å². The highest BCUT2D eigenvalue weighted by Gasteiger charge is 1.96. The zero-order chi connectivity index (χ0) is 11.3. The van der Waals surface area contributed by atoms with Gasteiger partial charge in [0.05, 0.1) is 0 Å². The van der Waals surface area contributed by atoms with Gasteiger partial charge in [0.15, 0.2) is 0 Å². The Labute approximate surface area is 92.6 Å². The van der Waals surface area contributed by atoms with Crippen LogP contribution in [0.2, 0.25) is 0 Å². The average molecular weight is 201 g/mol. The summed E-state index contributed by atoms with van der Waals surface area (Å²) in [6.45, 7) is 10.2. The third-order valence-corrected chi connectivity index (χ3v) is 2.39. The highest BCUT2D eigenvalue weighted by Crippen LogP contribution is 2.09. The topological polar surface area (TPSA) is 12.4 Å². The first-order chi connectivity index (χ1) is 7.11. The molecule has 0 saturated carbocycles. The predicted octanol–water partition coefficient (Wildman–Crippen LogP) is 3.92. The van der Waals surface area contributed by atoms with Crippen molar-refractivity contribution in [3.63, 3.8) is 0 Å². The summed E-state index contributed by atoms with van der Waals surface area (Å²) < 4.78 is 0. The van der Waals surface area contributed by atoms with E-state index in [1.165, 1.54) is 11.1 Å². The van der Waals surface area contributed by atoms with Crippen molar-refractivity contribution >= 4 is 5.71 Å². The van der Waals surface area contributed by atoms with Crippen LogP contribution in [-0.4, -0.2) is 5.71 Å². The van der Waals surface area contributed by atoms with Crippen LogP contribution < -0.4 is 0 Å². The minimum atomic E-state index is 0.845. The zero-order valence-electron chi connectivity index (χ0n) is 9.88. The van der Waals surface area contributed by atoms with Gasteiger partial charge in [-0.2, -0.15) is 0 Å². The van der Waals surface area contributed by atoms with Gasteiger partial charge in [-0.3, -0.25) is 4.99 Å². The summed E-state index contributed by atoms with van der Waals surface area (Å²) in [6, 6.07) is 8.52. The minimum Gasteiger partial charge on any atom is -0.263 e. The van der Waals surface area contributed by atoms with Crippen LogP contribution in [-0.2, 0) is 6.42 Å². The first-order valence-corrected chi connectivity index (χ1v) is 5.39. The molecule has 0 bridgehead atoms. The zero-order valence-corrected chi connectivity index (χ0v) is 9.88. The fourth-order valence-electron chi connectivity index (χ4n) is 1.33. The number of rotatable bonds is 4. The smallest absolute Gasteiger partial charge is 0.0375 e. The number of hydrogen-bond donors (Lipinski definition) is 0. The van der Waals surface area contributed by atoms with Crippen molar-refractivity contribution in [3.05, 3.63) is 47.7 Å². The van der Waals surface area contributed by atoms with E-state index < -0.39 is 0 Å². The standard InChI is InChI=1S/C14H19N/c1-5-12(3)15-13(4)10-14-8-6-11(2)7-9-14/h6-9H,4-5,10H2,1-3H3. The van der Waals surface area contributed by atoms with Crippen molar-refractivity contribution in [1.82, 2.24) is 0 Å². The van der Waals surface area contributed by atoms with E-state index >= 15 is 0 Å². The maximum atomic E-state index is 4.44. The summed E-state index contributed by atoms with van der Waals surface area (Å²) in [4.78, 5) is 4.44. The molecule has 0 unspecified atom stereocenters. The summed E-state index contributed by atoms with van der Waals surface area (Å²) in [7, 11) is 0. The Hall–Kier alpha value is -1.37. The lowest BCUT2D eigenvalue weighted by molar-refractivity contribution is 1.10. The lowest BCUT2D eigenvalue weighted by atomic mass is 10.1. The molecule has 0 fully saturated rings. The molecule has 0 radical (unpaired) electrons. The van der Waals surface area contributed by atoms with E-state index in [9.17, 15) is 0 Å². The molecule has 0 amide bonds. The van der Waals surface area contributed by atoms with Crippen LogP contribution in [0.3, 0.4) is 0 Å². The van der Waals surface area contributed by atoms with E-state index in [4.69, 9.17) is 0 Å². The van der Waals surface area contributed by atoms with Crippen LogP contribution in [0.4, 0.5) is 0 Å². The second-order valence-electron chi connectivity index (χ2n) is 3.93. The van der Waals surface area contributed by atoms with Crippen LogP contribution in [0.5, 0.6) is 0 Å². The Morgan fingerprint density at radius 2 is 1.87 bits per heavy atom. The molecule has 15 heavy (non-hydrogen) atoms. The van der Waals surface area contributed by atoms with E-state index in [0.29, 0.717) is 0 Å². The van der Waals surface area contributed by atoms with E-state index in [2.05, 4.69) is 49.7 Å². The van der Waals surface area contributed by atoms with Gasteiger partial charge < -0.3 is 0 Å². The van der Waals surface area contributed by atoms with E-state index in [1.807, 2.05) is 6.92 Å². The molecule has 0 aliphatic rings. The number of aryl methyl sites for hydroxylation is 1. The van der Waals surface area contributed by atoms with Crippen molar-refractivity contribution in [1.29, 1.82) is 0 Å². The van der Waals surface area contributed by atoms with Crippen LogP contribution >= 0.6 is 0 Å². The van der Waals surface area contributed by atoms with Gasteiger partial charge in [-0.1, -0.05) is 43.3 Å². The average Bonchev–Trinajstić information content (AvgIpc) is 2.21. The predicted molar refractivity (Wildman–Crippen MR) is 67.4 cm³/mol. The summed E-state index contributed by atoms with van der Waals surface area (Å²) in [5, 5.41) is 0. The first-order valence-electron chi connectivity index (χ1n) is 5.39. The largest absolute Gasteiger partial charge is 0.263 e. The van der Waals surface area contributed by atoms with Gasteiger partial charge in [0.25, 0.3) is 0 Å². The normalized spacial score (nSPS) is 11.5. The van der Waals surface area contributed by atoms with Gasteiger partial charge >= 0.3 is 0 Å². The van der Waals surface area contributed by atoms with Gasteiger partial charge in [-0.25, -0.2) is 0 Å². The molecule has 1 aromatic carbocycles. The third kappa shape index (κ3) is 4.11. The molecule has 0 aromatic heterocycles. The summed E-state index contributed by atoms with van der Waals surface area (Å²) in [5.74, 6) is 0. The number of hydrogen-bond acceptors (Lipinski definition) is 1. The SMILES string of the molecule is C=C(Cc1ccc(C)cc1)N=C(C)CC. The van der Waals surface area contributed by atoms with Crippen molar-refractivity contribution < 1.29 is 0 Å². The van der Waals surface area contributed by atoms with E-state index in [1.54, 1.807) is 0 Å². The maximum absolute atomic E-state index is 4.44. The number of allylic oxidation sites excluding steroid dienone is 1. The molecular formula is C14H19N. The molecule has 0 saturated heterocycles. The van der Waals surface area contributed by atoms with Crippen LogP contribution in [0.1, 0.15) is 31.4 Å². The lowest BCUT2D eigenvalue weighted by Gasteiger charge is -2.03. The summed E-state index contributed by atoms with van der Waals surface area (Å²) >= 11 is 0. The van der Waals surface area contributed by atoms with Crippen molar-refractivity contribution in [2.24, 2.45) is 4.99 Å². The number of aliphatic imine (C=N–C) groups is 1. The monoisotopic (exact) mass is 201 g/mol. The maximum Gasteiger partial charge on any atom is 0.0375 e. The Kier molecular flexibility index (Phi) is 4.29. The molecule has 1 aromatic rings. The van der Waals surface area contributed by atoms with Gasteiger partial charge in [0.2, 0.25) is 0 Å². The fourth-order valence-corrected chi connectivity index (χ4v) is 1.33. The first kappa shape index (κ1) is 11.7. The summed E-state index contributed by atoms with van der Waals surface area (Å²) in [5.41, 5.74) is 4.65. The van der Waals surface area contributed by atoms with Crippen molar-refractivity contribution in [3.8, 4) is 0 Å². The van der Waals surface area contributed by atoms with Gasteiger partial charge in [0, 0.05) is 17.8 Å². The van der Waals surface area contributed by atoms with Gasteiger partial charge in [-0.05, 0) is 25.8 Å². The van der Waals surface area contributed by atoms with Crippen LogP contribution in [0.15, 0.2) is 41.5 Å². The fraction of sp³-hybridized carbons (Fsp3) is 0.357. The van der Waals surface area contributed by atoms with Crippen LogP contribution in [0.25, 0.3) is 0 Å². The molecule has 0 heterocycles. The molecule has 0 spiro atoms. The molecule has 1 nitrogen and oxygen atoms in total.